The molecule has 1 atom stereocenters. The standard InChI is InChI=1S/C12H17N3O3/c1-8-6-9(18-14-8)7-11(16)15-5-3-4-10(15)12(17)13-2/h6,10H,3-5,7H2,1-2H3,(H,13,17)/t10-/m0/s1. The molecule has 0 aliphatic carbocycles. The van der Waals surface area contributed by atoms with Crippen LogP contribution in [0.25, 0.3) is 0 Å². The molecule has 6 heteroatoms. The average molecular weight is 251 g/mol. The number of nitrogens with zero attached hydrogens (tertiary/aromatic N) is 2. The lowest BCUT2D eigenvalue weighted by molar-refractivity contribution is -0.138. The van der Waals surface area contributed by atoms with E-state index in [2.05, 4.69) is 10.5 Å². The fourth-order valence-electron chi connectivity index (χ4n) is 2.25. The predicted molar refractivity (Wildman–Crippen MR) is 63.7 cm³/mol. The van der Waals surface area contributed by atoms with Gasteiger partial charge >= 0.3 is 0 Å². The molecule has 1 aromatic heterocycles. The summed E-state index contributed by atoms with van der Waals surface area (Å²) in [4.78, 5) is 25.4. The molecule has 1 fully saturated rings. The summed E-state index contributed by atoms with van der Waals surface area (Å²) in [6, 6.07) is 1.40. The van der Waals surface area contributed by atoms with Crippen LogP contribution in [0.5, 0.6) is 0 Å². The molecule has 1 aliphatic heterocycles. The van der Waals surface area contributed by atoms with Crippen LogP contribution >= 0.6 is 0 Å². The maximum Gasteiger partial charge on any atom is 0.242 e. The molecule has 0 bridgehead atoms. The number of likely N-dealkylation sites (tertiary alicyclic amines) is 1. The number of aryl methyl sites for hydroxylation is 1. The zero-order valence-electron chi connectivity index (χ0n) is 10.6. The van der Waals surface area contributed by atoms with Crippen molar-refractivity contribution in [2.24, 2.45) is 0 Å². The Labute approximate surface area is 105 Å². The number of hydrogen-bond acceptors (Lipinski definition) is 4. The molecule has 1 aliphatic rings. The summed E-state index contributed by atoms with van der Waals surface area (Å²) in [5, 5.41) is 6.33. The molecule has 1 saturated heterocycles. The molecule has 1 aromatic rings. The molecule has 1 N–H and O–H groups in total. The van der Waals surface area contributed by atoms with Crippen molar-refractivity contribution in [2.75, 3.05) is 13.6 Å². The average Bonchev–Trinajstić information content (AvgIpc) is 2.97. The van der Waals surface area contributed by atoms with Gasteiger partial charge in [0.1, 0.15) is 11.8 Å². The maximum atomic E-state index is 12.1. The van der Waals surface area contributed by atoms with Crippen LogP contribution in [-0.2, 0) is 16.0 Å². The minimum atomic E-state index is -0.341. The van der Waals surface area contributed by atoms with Crippen LogP contribution in [0.15, 0.2) is 10.6 Å². The quantitative estimate of drug-likeness (QED) is 0.836. The summed E-state index contributed by atoms with van der Waals surface area (Å²) in [5.41, 5.74) is 0.752. The first-order valence-corrected chi connectivity index (χ1v) is 6.05. The van der Waals surface area contributed by atoms with Crippen LogP contribution in [0.2, 0.25) is 0 Å². The first-order chi connectivity index (χ1) is 8.61. The highest BCUT2D eigenvalue weighted by Crippen LogP contribution is 2.19. The van der Waals surface area contributed by atoms with Gasteiger partial charge in [-0.1, -0.05) is 5.16 Å². The van der Waals surface area contributed by atoms with Crippen molar-refractivity contribution in [2.45, 2.75) is 32.2 Å². The molecular weight excluding hydrogens is 234 g/mol. The van der Waals surface area contributed by atoms with Crippen molar-refractivity contribution in [3.05, 3.63) is 17.5 Å². The topological polar surface area (TPSA) is 75.4 Å². The second kappa shape index (κ2) is 5.20. The van der Waals surface area contributed by atoms with E-state index in [4.69, 9.17) is 4.52 Å². The van der Waals surface area contributed by atoms with E-state index >= 15 is 0 Å². The lowest BCUT2D eigenvalue weighted by Crippen LogP contribution is -2.45. The van der Waals surface area contributed by atoms with Crippen molar-refractivity contribution in [1.29, 1.82) is 0 Å². The number of rotatable bonds is 3. The normalized spacial score (nSPS) is 19.0. The first kappa shape index (κ1) is 12.6. The van der Waals surface area contributed by atoms with E-state index in [9.17, 15) is 9.59 Å². The number of carbonyl (C=O) groups excluding carboxylic acids is 2. The third-order valence-corrected chi connectivity index (χ3v) is 3.12. The maximum absolute atomic E-state index is 12.1. The largest absolute Gasteiger partial charge is 0.361 e. The zero-order valence-corrected chi connectivity index (χ0v) is 10.6. The van der Waals surface area contributed by atoms with E-state index in [1.54, 1.807) is 24.9 Å². The van der Waals surface area contributed by atoms with Gasteiger partial charge in [0.05, 0.1) is 12.1 Å². The molecule has 0 saturated carbocycles. The smallest absolute Gasteiger partial charge is 0.242 e. The summed E-state index contributed by atoms with van der Waals surface area (Å²) in [6.45, 7) is 2.44. The van der Waals surface area contributed by atoms with Crippen LogP contribution in [0.4, 0.5) is 0 Å². The van der Waals surface area contributed by atoms with Crippen molar-refractivity contribution in [3.8, 4) is 0 Å². The highest BCUT2D eigenvalue weighted by atomic mass is 16.5. The Morgan fingerprint density at radius 3 is 3.00 bits per heavy atom. The molecule has 2 rings (SSSR count). The van der Waals surface area contributed by atoms with Gasteiger partial charge in [0.15, 0.2) is 0 Å². The van der Waals surface area contributed by atoms with Gasteiger partial charge in [0.2, 0.25) is 11.8 Å². The molecule has 0 spiro atoms. The molecule has 2 amide bonds. The second-order valence-corrected chi connectivity index (χ2v) is 4.47. The molecule has 18 heavy (non-hydrogen) atoms. The third-order valence-electron chi connectivity index (χ3n) is 3.12. The third kappa shape index (κ3) is 2.52. The van der Waals surface area contributed by atoms with Crippen LogP contribution in [0.1, 0.15) is 24.3 Å². The van der Waals surface area contributed by atoms with Crippen LogP contribution in [-0.4, -0.2) is 41.5 Å². The van der Waals surface area contributed by atoms with Gasteiger partial charge in [-0.3, -0.25) is 9.59 Å². The van der Waals surface area contributed by atoms with Crippen molar-refractivity contribution >= 4 is 11.8 Å². The lowest BCUT2D eigenvalue weighted by atomic mass is 10.2. The van der Waals surface area contributed by atoms with Gasteiger partial charge in [0.25, 0.3) is 0 Å². The Bertz CT molecular complexity index is 455. The van der Waals surface area contributed by atoms with E-state index < -0.39 is 0 Å². The first-order valence-electron chi connectivity index (χ1n) is 6.05. The van der Waals surface area contributed by atoms with E-state index in [0.717, 1.165) is 18.5 Å². The number of aromatic nitrogens is 1. The van der Waals surface area contributed by atoms with E-state index in [1.165, 1.54) is 0 Å². The fourth-order valence-corrected chi connectivity index (χ4v) is 2.25. The van der Waals surface area contributed by atoms with E-state index in [-0.39, 0.29) is 24.3 Å². The zero-order chi connectivity index (χ0) is 13.1. The molecule has 0 radical (unpaired) electrons. The summed E-state index contributed by atoms with van der Waals surface area (Å²) in [6.07, 6.45) is 1.74. The summed E-state index contributed by atoms with van der Waals surface area (Å²) in [7, 11) is 1.59. The molecule has 98 valence electrons. The monoisotopic (exact) mass is 251 g/mol. The van der Waals surface area contributed by atoms with Crippen molar-refractivity contribution in [1.82, 2.24) is 15.4 Å². The van der Waals surface area contributed by atoms with Crippen LogP contribution < -0.4 is 5.32 Å². The molecule has 6 nitrogen and oxygen atoms in total. The number of amides is 2. The minimum Gasteiger partial charge on any atom is -0.361 e. The van der Waals surface area contributed by atoms with E-state index in [0.29, 0.717) is 12.3 Å². The van der Waals surface area contributed by atoms with E-state index in [1.807, 2.05) is 0 Å². The van der Waals surface area contributed by atoms with Gasteiger partial charge in [-0.25, -0.2) is 0 Å². The number of likely N-dealkylation sites (N-methyl/N-ethyl adjacent to an activating group) is 1. The lowest BCUT2D eigenvalue weighted by Gasteiger charge is -2.22. The van der Waals surface area contributed by atoms with Crippen molar-refractivity contribution in [3.63, 3.8) is 0 Å². The highest BCUT2D eigenvalue weighted by Gasteiger charge is 2.33. The molecule has 0 unspecified atom stereocenters. The Morgan fingerprint density at radius 1 is 1.61 bits per heavy atom. The molecule has 2 heterocycles. The molecular formula is C12H17N3O3. The van der Waals surface area contributed by atoms with Crippen molar-refractivity contribution < 1.29 is 14.1 Å². The van der Waals surface area contributed by atoms with Gasteiger partial charge in [0, 0.05) is 19.7 Å². The molecule has 0 aromatic carbocycles. The van der Waals surface area contributed by atoms with Gasteiger partial charge in [-0.2, -0.15) is 0 Å². The Morgan fingerprint density at radius 2 is 2.39 bits per heavy atom. The van der Waals surface area contributed by atoms with Gasteiger partial charge < -0.3 is 14.7 Å². The number of hydrogen-bond donors (Lipinski definition) is 1. The van der Waals surface area contributed by atoms with Crippen LogP contribution in [0.3, 0.4) is 0 Å². The Hall–Kier alpha value is -1.85. The minimum absolute atomic E-state index is 0.0859. The Balaban J connectivity index is 2.02. The number of nitrogens with one attached hydrogen (secondary N) is 1. The predicted octanol–water partition coefficient (Wildman–Crippen LogP) is 0.263. The summed E-state index contributed by atoms with van der Waals surface area (Å²) < 4.78 is 5.02. The van der Waals surface area contributed by atoms with Gasteiger partial charge in [-0.05, 0) is 19.8 Å². The fraction of sp³-hybridized carbons (Fsp3) is 0.583. The highest BCUT2D eigenvalue weighted by molar-refractivity contribution is 5.88. The second-order valence-electron chi connectivity index (χ2n) is 4.47. The summed E-state index contributed by atoms with van der Waals surface area (Å²) in [5.74, 6) is 0.354. The Kier molecular flexibility index (Phi) is 3.64. The summed E-state index contributed by atoms with van der Waals surface area (Å²) >= 11 is 0. The van der Waals surface area contributed by atoms with Gasteiger partial charge in [-0.15, -0.1) is 0 Å². The van der Waals surface area contributed by atoms with Crippen LogP contribution in [0, 0.1) is 6.92 Å². The SMILES string of the molecule is CNC(=O)[C@@H]1CCCN1C(=O)Cc1cc(C)no1. The number of carbonyl (C=O) groups is 2.